The van der Waals surface area contributed by atoms with E-state index in [4.69, 9.17) is 10.5 Å². The number of hydrogen-bond donors (Lipinski definition) is 0. The number of pyridine rings is 1. The number of rotatable bonds is 3. The van der Waals surface area contributed by atoms with Gasteiger partial charge >= 0.3 is 0 Å². The van der Waals surface area contributed by atoms with Gasteiger partial charge in [-0.05, 0) is 12.1 Å². The summed E-state index contributed by atoms with van der Waals surface area (Å²) in [5, 5.41) is 16.9. The molecule has 0 fully saturated rings. The fourth-order valence-corrected chi connectivity index (χ4v) is 1.98. The van der Waals surface area contributed by atoms with Gasteiger partial charge in [-0.15, -0.1) is 0 Å². The number of nitriles is 2. The third kappa shape index (κ3) is 2.34. The van der Waals surface area contributed by atoms with Gasteiger partial charge in [0.15, 0.2) is 0 Å². The first-order valence-corrected chi connectivity index (χ1v) is 5.66. The highest BCUT2D eigenvalue weighted by Gasteiger charge is 2.20. The average Bonchev–Trinajstić information content (AvgIpc) is 2.29. The normalized spacial score (nSPS) is 10.8. The summed E-state index contributed by atoms with van der Waals surface area (Å²) in [4.78, 5) is 3.62. The monoisotopic (exact) mass is 236 g/mol. The molecule has 0 spiro atoms. The molecule has 0 atom stereocenters. The van der Waals surface area contributed by atoms with Crippen LogP contribution in [0.1, 0.15) is 5.69 Å². The van der Waals surface area contributed by atoms with Crippen LogP contribution in [0.15, 0.2) is 23.2 Å². The minimum absolute atomic E-state index is 0.0377. The van der Waals surface area contributed by atoms with Gasteiger partial charge in [-0.2, -0.15) is 14.8 Å². The summed E-state index contributed by atoms with van der Waals surface area (Å²) < 4.78 is 24.5. The van der Waals surface area contributed by atoms with Crippen molar-refractivity contribution < 1.29 is 8.42 Å². The van der Waals surface area contributed by atoms with Crippen molar-refractivity contribution in [3.8, 4) is 12.1 Å². The number of sulfonamides is 1. The quantitative estimate of drug-likeness (QED) is 0.693. The lowest BCUT2D eigenvalue weighted by Gasteiger charge is -2.12. The summed E-state index contributed by atoms with van der Waals surface area (Å²) in [5.41, 5.74) is 0.141. The molecule has 0 aliphatic carbocycles. The highest BCUT2D eigenvalue weighted by atomic mass is 32.2. The smallest absolute Gasteiger partial charge is 0.244 e. The number of aromatic nitrogens is 1. The molecule has 0 aliphatic heterocycles. The van der Waals surface area contributed by atoms with E-state index in [1.807, 2.05) is 0 Å². The third-order valence-corrected chi connectivity index (χ3v) is 3.64. The van der Waals surface area contributed by atoms with Crippen molar-refractivity contribution in [3.05, 3.63) is 24.0 Å². The van der Waals surface area contributed by atoms with Crippen LogP contribution in [0.25, 0.3) is 0 Å². The Morgan fingerprint density at radius 3 is 2.56 bits per heavy atom. The second-order valence-electron chi connectivity index (χ2n) is 2.91. The molecule has 0 aromatic carbocycles. The first kappa shape index (κ1) is 12.1. The molecule has 1 rings (SSSR count). The van der Waals surface area contributed by atoms with Crippen LogP contribution >= 0.6 is 0 Å². The van der Waals surface area contributed by atoms with Crippen molar-refractivity contribution >= 4 is 10.0 Å². The Kier molecular flexibility index (Phi) is 3.56. The van der Waals surface area contributed by atoms with Gasteiger partial charge in [0.2, 0.25) is 10.0 Å². The van der Waals surface area contributed by atoms with E-state index in [1.165, 1.54) is 19.2 Å². The number of hydrogen-bond acceptors (Lipinski definition) is 5. The Balaban J connectivity index is 3.10. The molecule has 6 nitrogen and oxygen atoms in total. The molecular formula is C9H8N4O2S. The summed E-state index contributed by atoms with van der Waals surface area (Å²) in [6.45, 7) is -0.234. The molecule has 1 aromatic heterocycles. The maximum atomic E-state index is 11.8. The van der Waals surface area contributed by atoms with E-state index in [0.29, 0.717) is 0 Å². The van der Waals surface area contributed by atoms with E-state index in [-0.39, 0.29) is 17.1 Å². The van der Waals surface area contributed by atoms with Gasteiger partial charge in [0.25, 0.3) is 0 Å². The maximum Gasteiger partial charge on any atom is 0.245 e. The van der Waals surface area contributed by atoms with Crippen LogP contribution in [-0.4, -0.2) is 31.3 Å². The molecule has 1 heterocycles. The highest BCUT2D eigenvalue weighted by Crippen LogP contribution is 2.12. The zero-order chi connectivity index (χ0) is 12.2. The molecule has 0 saturated heterocycles. The van der Waals surface area contributed by atoms with E-state index >= 15 is 0 Å². The minimum Gasteiger partial charge on any atom is -0.244 e. The van der Waals surface area contributed by atoms with Gasteiger partial charge in [-0.25, -0.2) is 13.4 Å². The highest BCUT2D eigenvalue weighted by molar-refractivity contribution is 7.89. The lowest BCUT2D eigenvalue weighted by Crippen LogP contribution is -2.27. The van der Waals surface area contributed by atoms with E-state index in [1.54, 1.807) is 12.1 Å². The van der Waals surface area contributed by atoms with Gasteiger partial charge in [0.1, 0.15) is 23.2 Å². The second kappa shape index (κ2) is 4.71. The topological polar surface area (TPSA) is 97.9 Å². The standard InChI is InChI=1S/C9H8N4O2S/c1-13(5-4-10)16(14,15)9-3-2-8(6-11)12-7-9/h2-3,7H,5H2,1H3. The van der Waals surface area contributed by atoms with Crippen LogP contribution in [0.2, 0.25) is 0 Å². The first-order valence-electron chi connectivity index (χ1n) is 4.22. The van der Waals surface area contributed by atoms with Gasteiger partial charge in [-0.3, -0.25) is 0 Å². The van der Waals surface area contributed by atoms with Crippen molar-refractivity contribution in [2.45, 2.75) is 4.90 Å². The lowest BCUT2D eigenvalue weighted by atomic mass is 10.4. The fraction of sp³-hybridized carbons (Fsp3) is 0.222. The van der Waals surface area contributed by atoms with Crippen LogP contribution in [-0.2, 0) is 10.0 Å². The van der Waals surface area contributed by atoms with E-state index in [9.17, 15) is 8.42 Å². The Morgan fingerprint density at radius 2 is 2.12 bits per heavy atom. The molecule has 0 radical (unpaired) electrons. The molecule has 0 unspecified atom stereocenters. The molecule has 0 amide bonds. The minimum atomic E-state index is -3.69. The van der Waals surface area contributed by atoms with Crippen LogP contribution in [0.5, 0.6) is 0 Å². The fourth-order valence-electron chi connectivity index (χ4n) is 0.964. The first-order chi connectivity index (χ1) is 7.52. The van der Waals surface area contributed by atoms with Crippen molar-refractivity contribution in [2.75, 3.05) is 13.6 Å². The predicted octanol–water partition coefficient (Wildman–Crippen LogP) is 0.0974. The molecule has 0 aliphatic rings. The molecule has 16 heavy (non-hydrogen) atoms. The van der Waals surface area contributed by atoms with Gasteiger partial charge < -0.3 is 0 Å². The van der Waals surface area contributed by atoms with Gasteiger partial charge in [0, 0.05) is 13.2 Å². The molecular weight excluding hydrogens is 228 g/mol. The summed E-state index contributed by atoms with van der Waals surface area (Å²) >= 11 is 0. The van der Waals surface area contributed by atoms with Crippen molar-refractivity contribution in [3.63, 3.8) is 0 Å². The predicted molar refractivity (Wildman–Crippen MR) is 54.4 cm³/mol. The molecule has 1 aromatic rings. The van der Waals surface area contributed by atoms with Crippen LogP contribution in [0.3, 0.4) is 0 Å². The summed E-state index contributed by atoms with van der Waals surface area (Å²) in [6.07, 6.45) is 1.10. The molecule has 7 heteroatoms. The zero-order valence-electron chi connectivity index (χ0n) is 8.45. The second-order valence-corrected chi connectivity index (χ2v) is 4.96. The van der Waals surface area contributed by atoms with Gasteiger partial charge in [0.05, 0.1) is 6.07 Å². The molecule has 82 valence electrons. The summed E-state index contributed by atoms with van der Waals surface area (Å²) in [5.74, 6) is 0. The molecule has 0 saturated carbocycles. The Morgan fingerprint density at radius 1 is 1.44 bits per heavy atom. The average molecular weight is 236 g/mol. The maximum absolute atomic E-state index is 11.8. The zero-order valence-corrected chi connectivity index (χ0v) is 9.27. The van der Waals surface area contributed by atoms with Gasteiger partial charge in [-0.1, -0.05) is 0 Å². The van der Waals surface area contributed by atoms with E-state index < -0.39 is 10.0 Å². The summed E-state index contributed by atoms with van der Waals surface area (Å²) in [6, 6.07) is 6.13. The summed E-state index contributed by atoms with van der Waals surface area (Å²) in [7, 11) is -2.38. The van der Waals surface area contributed by atoms with E-state index in [0.717, 1.165) is 10.5 Å². The lowest BCUT2D eigenvalue weighted by molar-refractivity contribution is 0.501. The number of nitrogens with zero attached hydrogens (tertiary/aromatic N) is 4. The Hall–Kier alpha value is -1.96. The molecule has 0 N–H and O–H groups in total. The Labute approximate surface area is 93.4 Å². The van der Waals surface area contributed by atoms with Crippen molar-refractivity contribution in [1.82, 2.24) is 9.29 Å². The third-order valence-electron chi connectivity index (χ3n) is 1.85. The van der Waals surface area contributed by atoms with Crippen molar-refractivity contribution in [1.29, 1.82) is 10.5 Å². The van der Waals surface area contributed by atoms with Crippen molar-refractivity contribution in [2.24, 2.45) is 0 Å². The SMILES string of the molecule is CN(CC#N)S(=O)(=O)c1ccc(C#N)nc1. The Bertz CT molecular complexity index is 551. The van der Waals surface area contributed by atoms with E-state index in [2.05, 4.69) is 4.98 Å². The molecule has 0 bridgehead atoms. The van der Waals surface area contributed by atoms with Crippen LogP contribution < -0.4 is 0 Å². The van der Waals surface area contributed by atoms with Crippen LogP contribution in [0.4, 0.5) is 0 Å². The largest absolute Gasteiger partial charge is 0.245 e. The van der Waals surface area contributed by atoms with Crippen LogP contribution in [0, 0.1) is 22.7 Å².